The summed E-state index contributed by atoms with van der Waals surface area (Å²) in [5.74, 6) is 0. The molecule has 1 saturated carbocycles. The summed E-state index contributed by atoms with van der Waals surface area (Å²) in [6, 6.07) is 5.25. The van der Waals surface area contributed by atoms with Crippen molar-refractivity contribution in [3.63, 3.8) is 0 Å². The van der Waals surface area contributed by atoms with E-state index >= 15 is 0 Å². The van der Waals surface area contributed by atoms with E-state index in [0.717, 1.165) is 12.8 Å². The predicted molar refractivity (Wildman–Crippen MR) is 73.6 cm³/mol. The number of nitro groups is 1. The molecule has 110 valence electrons. The van der Waals surface area contributed by atoms with Gasteiger partial charge in [-0.05, 0) is 31.7 Å². The van der Waals surface area contributed by atoms with E-state index < -0.39 is 20.6 Å². The molecule has 0 bridgehead atoms. The van der Waals surface area contributed by atoms with Gasteiger partial charge in [-0.2, -0.15) is 0 Å². The van der Waals surface area contributed by atoms with Crippen LogP contribution in [0, 0.1) is 10.1 Å². The zero-order chi connectivity index (χ0) is 14.8. The topological polar surface area (TPSA) is 115 Å². The monoisotopic (exact) mass is 299 g/mol. The zero-order valence-electron chi connectivity index (χ0n) is 10.9. The molecule has 8 heteroatoms. The van der Waals surface area contributed by atoms with Gasteiger partial charge in [0.1, 0.15) is 0 Å². The number of nitrogens with one attached hydrogen (secondary N) is 1. The first-order valence-electron chi connectivity index (χ1n) is 6.41. The summed E-state index contributed by atoms with van der Waals surface area (Å²) in [4.78, 5) is 9.92. The molecule has 2 rings (SSSR count). The van der Waals surface area contributed by atoms with Gasteiger partial charge in [-0.3, -0.25) is 10.1 Å². The lowest BCUT2D eigenvalue weighted by Crippen LogP contribution is -2.40. The Kier molecular flexibility index (Phi) is 4.36. The molecule has 0 amide bonds. The third-order valence-corrected chi connectivity index (χ3v) is 5.01. The van der Waals surface area contributed by atoms with Crippen molar-refractivity contribution in [2.75, 3.05) is 0 Å². The first kappa shape index (κ1) is 14.9. The fraction of sp³-hybridized carbons (Fsp3) is 0.500. The van der Waals surface area contributed by atoms with Crippen LogP contribution in [0.3, 0.4) is 0 Å². The minimum Gasteiger partial charge on any atom is -0.328 e. The molecule has 3 N–H and O–H groups in total. The van der Waals surface area contributed by atoms with E-state index in [1.807, 2.05) is 0 Å². The third kappa shape index (κ3) is 3.33. The number of nitrogens with zero attached hydrogens (tertiary/aromatic N) is 1. The van der Waals surface area contributed by atoms with Crippen molar-refractivity contribution in [1.82, 2.24) is 4.72 Å². The van der Waals surface area contributed by atoms with Gasteiger partial charge in [0.15, 0.2) is 4.90 Å². The Hall–Kier alpha value is -1.51. The summed E-state index contributed by atoms with van der Waals surface area (Å²) in [6.45, 7) is 0. The zero-order valence-corrected chi connectivity index (χ0v) is 11.7. The van der Waals surface area contributed by atoms with Crippen molar-refractivity contribution >= 4 is 15.7 Å². The molecule has 1 aromatic rings. The fourth-order valence-corrected chi connectivity index (χ4v) is 3.83. The maximum atomic E-state index is 12.3. The Morgan fingerprint density at radius 2 is 1.80 bits per heavy atom. The van der Waals surface area contributed by atoms with Gasteiger partial charge in [-0.25, -0.2) is 13.1 Å². The van der Waals surface area contributed by atoms with Gasteiger partial charge in [-0.15, -0.1) is 0 Å². The highest BCUT2D eigenvalue weighted by Crippen LogP contribution is 2.25. The third-order valence-electron chi connectivity index (χ3n) is 3.45. The lowest BCUT2D eigenvalue weighted by Gasteiger charge is -2.26. The molecule has 0 unspecified atom stereocenters. The number of para-hydroxylation sites is 1. The Labute approximate surface area is 117 Å². The molecule has 0 radical (unpaired) electrons. The van der Waals surface area contributed by atoms with Crippen molar-refractivity contribution in [3.8, 4) is 0 Å². The van der Waals surface area contributed by atoms with Crippen LogP contribution < -0.4 is 10.5 Å². The molecule has 0 aromatic heterocycles. The van der Waals surface area contributed by atoms with E-state index in [0.29, 0.717) is 12.8 Å². The molecule has 1 fully saturated rings. The molecule has 7 nitrogen and oxygen atoms in total. The first-order valence-corrected chi connectivity index (χ1v) is 7.90. The van der Waals surface area contributed by atoms with Gasteiger partial charge < -0.3 is 5.73 Å². The number of sulfonamides is 1. The van der Waals surface area contributed by atoms with E-state index in [4.69, 9.17) is 5.73 Å². The predicted octanol–water partition coefficient (Wildman–Crippen LogP) is 1.14. The number of nitrogens with two attached hydrogens (primary N) is 1. The van der Waals surface area contributed by atoms with Crippen LogP contribution in [-0.4, -0.2) is 25.4 Å². The average molecular weight is 299 g/mol. The maximum absolute atomic E-state index is 12.3. The molecular formula is C12H17N3O4S. The van der Waals surface area contributed by atoms with Crippen LogP contribution in [0.4, 0.5) is 5.69 Å². The van der Waals surface area contributed by atoms with Crippen LogP contribution >= 0.6 is 0 Å². The second-order valence-electron chi connectivity index (χ2n) is 4.96. The van der Waals surface area contributed by atoms with Crippen LogP contribution in [-0.2, 0) is 10.0 Å². The van der Waals surface area contributed by atoms with E-state index in [-0.39, 0.29) is 17.0 Å². The lowest BCUT2D eigenvalue weighted by molar-refractivity contribution is -0.387. The fourth-order valence-electron chi connectivity index (χ4n) is 2.36. The van der Waals surface area contributed by atoms with Crippen LogP contribution in [0.15, 0.2) is 29.2 Å². The molecule has 0 spiro atoms. The number of hydrogen-bond acceptors (Lipinski definition) is 5. The first-order chi connectivity index (χ1) is 9.40. The minimum atomic E-state index is -3.89. The van der Waals surface area contributed by atoms with Crippen molar-refractivity contribution < 1.29 is 13.3 Å². The summed E-state index contributed by atoms with van der Waals surface area (Å²) in [7, 11) is -3.89. The van der Waals surface area contributed by atoms with Crippen molar-refractivity contribution in [1.29, 1.82) is 0 Å². The largest absolute Gasteiger partial charge is 0.328 e. The van der Waals surface area contributed by atoms with Crippen LogP contribution in [0.25, 0.3) is 0 Å². The Morgan fingerprint density at radius 1 is 1.20 bits per heavy atom. The maximum Gasteiger partial charge on any atom is 0.289 e. The summed E-state index contributed by atoms with van der Waals surface area (Å²) in [6.07, 6.45) is 2.82. The Morgan fingerprint density at radius 3 is 2.40 bits per heavy atom. The number of benzene rings is 1. The van der Waals surface area contributed by atoms with Gasteiger partial charge in [0.2, 0.25) is 10.0 Å². The van der Waals surface area contributed by atoms with Crippen molar-refractivity contribution in [3.05, 3.63) is 34.4 Å². The average Bonchev–Trinajstić information content (AvgIpc) is 2.41. The highest BCUT2D eigenvalue weighted by atomic mass is 32.2. The summed E-state index contributed by atoms with van der Waals surface area (Å²) < 4.78 is 27.1. The van der Waals surface area contributed by atoms with Gasteiger partial charge in [0.05, 0.1) is 4.92 Å². The molecular weight excluding hydrogens is 282 g/mol. The van der Waals surface area contributed by atoms with E-state index in [9.17, 15) is 18.5 Å². The molecule has 0 aliphatic heterocycles. The molecule has 1 aliphatic carbocycles. The minimum absolute atomic E-state index is 0.113. The smallest absolute Gasteiger partial charge is 0.289 e. The number of nitro benzene ring substituents is 1. The van der Waals surface area contributed by atoms with Gasteiger partial charge >= 0.3 is 0 Å². The quantitative estimate of drug-likeness (QED) is 0.639. The highest BCUT2D eigenvalue weighted by Gasteiger charge is 2.29. The molecule has 20 heavy (non-hydrogen) atoms. The summed E-state index contributed by atoms with van der Waals surface area (Å²) in [5.41, 5.74) is 5.36. The van der Waals surface area contributed by atoms with E-state index in [2.05, 4.69) is 4.72 Å². The van der Waals surface area contributed by atoms with Crippen LogP contribution in [0.1, 0.15) is 25.7 Å². The second-order valence-corrected chi connectivity index (χ2v) is 6.64. The molecule has 0 atom stereocenters. The summed E-state index contributed by atoms with van der Waals surface area (Å²) >= 11 is 0. The Bertz CT molecular complexity index is 594. The second kappa shape index (κ2) is 5.86. The van der Waals surface area contributed by atoms with Crippen molar-refractivity contribution in [2.45, 2.75) is 42.7 Å². The Balaban J connectivity index is 2.21. The van der Waals surface area contributed by atoms with E-state index in [1.54, 1.807) is 0 Å². The van der Waals surface area contributed by atoms with Crippen LogP contribution in [0.5, 0.6) is 0 Å². The number of rotatable bonds is 4. The molecule has 0 heterocycles. The lowest BCUT2D eigenvalue weighted by atomic mass is 9.93. The summed E-state index contributed by atoms with van der Waals surface area (Å²) in [5, 5.41) is 10.9. The van der Waals surface area contributed by atoms with Crippen molar-refractivity contribution in [2.24, 2.45) is 5.73 Å². The molecule has 1 aliphatic rings. The van der Waals surface area contributed by atoms with Crippen LogP contribution in [0.2, 0.25) is 0 Å². The van der Waals surface area contributed by atoms with E-state index in [1.165, 1.54) is 24.3 Å². The van der Waals surface area contributed by atoms with Gasteiger partial charge in [0, 0.05) is 18.2 Å². The normalized spacial score (nSPS) is 23.4. The SMILES string of the molecule is NC1CCC(NS(=O)(=O)c2ccccc2[N+](=O)[O-])CC1. The standard InChI is InChI=1S/C12H17N3O4S/c13-9-5-7-10(8-6-9)14-20(18,19)12-4-2-1-3-11(12)15(16)17/h1-4,9-10,14H,5-8,13H2. The number of hydrogen-bond donors (Lipinski definition) is 2. The molecule has 0 saturated heterocycles. The highest BCUT2D eigenvalue weighted by molar-refractivity contribution is 7.89. The van der Waals surface area contributed by atoms with Gasteiger partial charge in [-0.1, -0.05) is 12.1 Å². The van der Waals surface area contributed by atoms with Gasteiger partial charge in [0.25, 0.3) is 5.69 Å². The molecule has 1 aromatic carbocycles.